The highest BCUT2D eigenvalue weighted by Crippen LogP contribution is 2.31. The fraction of sp³-hybridized carbons (Fsp3) is 0.500. The number of hydrogen-bond donors (Lipinski definition) is 2. The van der Waals surface area contributed by atoms with E-state index in [4.69, 9.17) is 4.74 Å². The zero-order chi connectivity index (χ0) is 18.7. The number of aromatic amines is 1. The molecule has 0 radical (unpaired) electrons. The molecule has 3 rings (SSSR count). The number of aromatic nitrogens is 1. The van der Waals surface area contributed by atoms with E-state index in [1.165, 1.54) is 13.5 Å². The number of nitrogens with zero attached hydrogens (tertiary/aromatic N) is 1. The molecule has 1 aliphatic rings. The number of methoxy groups -OCH3 is 1. The first-order valence-electron chi connectivity index (χ1n) is 9.28. The summed E-state index contributed by atoms with van der Waals surface area (Å²) in [5.74, 6) is -0.583. The summed E-state index contributed by atoms with van der Waals surface area (Å²) in [6.45, 7) is 5.42. The first-order chi connectivity index (χ1) is 12.5. The minimum Gasteiger partial charge on any atom is -0.464 e. The van der Waals surface area contributed by atoms with Crippen LogP contribution < -0.4 is 5.32 Å². The van der Waals surface area contributed by atoms with E-state index in [1.54, 1.807) is 0 Å². The first-order valence-corrected chi connectivity index (χ1v) is 9.28. The van der Waals surface area contributed by atoms with Crippen molar-refractivity contribution in [2.75, 3.05) is 25.5 Å². The van der Waals surface area contributed by atoms with Gasteiger partial charge in [0.2, 0.25) is 5.91 Å². The van der Waals surface area contributed by atoms with E-state index in [2.05, 4.69) is 22.1 Å². The van der Waals surface area contributed by atoms with Crippen molar-refractivity contribution in [2.45, 2.75) is 45.6 Å². The minimum absolute atomic E-state index is 0.0975. The minimum atomic E-state index is -0.486. The number of fused-ring (bicyclic) bond motifs is 1. The van der Waals surface area contributed by atoms with Crippen molar-refractivity contribution in [3.8, 4) is 0 Å². The van der Waals surface area contributed by atoms with Crippen molar-refractivity contribution in [3.63, 3.8) is 0 Å². The number of piperidine rings is 1. The van der Waals surface area contributed by atoms with Gasteiger partial charge in [0.25, 0.3) is 0 Å². The molecule has 26 heavy (non-hydrogen) atoms. The number of likely N-dealkylation sites (tertiary alicyclic amines) is 1. The average Bonchev–Trinajstić information content (AvgIpc) is 3.01. The predicted molar refractivity (Wildman–Crippen MR) is 103 cm³/mol. The molecule has 0 spiro atoms. The van der Waals surface area contributed by atoms with Crippen molar-refractivity contribution in [1.29, 1.82) is 0 Å². The Morgan fingerprint density at radius 2 is 2.15 bits per heavy atom. The molecule has 0 unspecified atom stereocenters. The van der Waals surface area contributed by atoms with Crippen LogP contribution in [0.2, 0.25) is 0 Å². The van der Waals surface area contributed by atoms with E-state index in [0.717, 1.165) is 42.3 Å². The van der Waals surface area contributed by atoms with Gasteiger partial charge in [-0.2, -0.15) is 0 Å². The third-order valence-electron chi connectivity index (χ3n) is 5.25. The number of carbonyl (C=O) groups is 2. The Bertz CT molecular complexity index is 812. The maximum Gasteiger partial charge on any atom is 0.356 e. The maximum atomic E-state index is 12.7. The van der Waals surface area contributed by atoms with Crippen LogP contribution in [0.15, 0.2) is 18.2 Å². The van der Waals surface area contributed by atoms with Gasteiger partial charge in [0.1, 0.15) is 5.69 Å². The van der Waals surface area contributed by atoms with E-state index in [1.807, 2.05) is 25.1 Å². The largest absolute Gasteiger partial charge is 0.464 e. The number of aryl methyl sites for hydroxylation is 1. The number of esters is 1. The van der Waals surface area contributed by atoms with Crippen molar-refractivity contribution in [1.82, 2.24) is 9.88 Å². The van der Waals surface area contributed by atoms with Gasteiger partial charge in [-0.3, -0.25) is 9.69 Å². The van der Waals surface area contributed by atoms with Crippen molar-refractivity contribution < 1.29 is 14.3 Å². The molecule has 1 atom stereocenters. The van der Waals surface area contributed by atoms with Crippen LogP contribution in [-0.4, -0.2) is 48.0 Å². The Morgan fingerprint density at radius 3 is 2.88 bits per heavy atom. The second-order valence-corrected chi connectivity index (χ2v) is 6.94. The summed E-state index contributed by atoms with van der Waals surface area (Å²) < 4.78 is 4.88. The van der Waals surface area contributed by atoms with Crippen LogP contribution >= 0.6 is 0 Å². The molecule has 2 aromatic rings. The van der Waals surface area contributed by atoms with E-state index in [0.29, 0.717) is 18.3 Å². The SMILES string of the molecule is CC[C@@H]1CCCCN1CC(=O)Nc1c(C(=O)OC)[nH]c2cccc(C)c12. The summed E-state index contributed by atoms with van der Waals surface area (Å²) in [5, 5.41) is 3.82. The normalized spacial score (nSPS) is 18.0. The summed E-state index contributed by atoms with van der Waals surface area (Å²) >= 11 is 0. The monoisotopic (exact) mass is 357 g/mol. The molecule has 2 N–H and O–H groups in total. The van der Waals surface area contributed by atoms with Crippen LogP contribution in [0.5, 0.6) is 0 Å². The van der Waals surface area contributed by atoms with Crippen molar-refractivity contribution in [2.24, 2.45) is 0 Å². The zero-order valence-electron chi connectivity index (χ0n) is 15.7. The quantitative estimate of drug-likeness (QED) is 0.804. The second kappa shape index (κ2) is 7.91. The first kappa shape index (κ1) is 18.5. The predicted octanol–water partition coefficient (Wildman–Crippen LogP) is 3.47. The Labute approximate surface area is 153 Å². The Hall–Kier alpha value is -2.34. The Kier molecular flexibility index (Phi) is 5.61. The number of ether oxygens (including phenoxy) is 1. The molecule has 1 fully saturated rings. The summed E-state index contributed by atoms with van der Waals surface area (Å²) in [4.78, 5) is 30.2. The van der Waals surface area contributed by atoms with Crippen molar-refractivity contribution in [3.05, 3.63) is 29.5 Å². The van der Waals surface area contributed by atoms with Crippen LogP contribution in [0.3, 0.4) is 0 Å². The fourth-order valence-electron chi connectivity index (χ4n) is 3.90. The molecule has 6 heteroatoms. The van der Waals surface area contributed by atoms with E-state index >= 15 is 0 Å². The molecule has 1 aromatic carbocycles. The van der Waals surface area contributed by atoms with Gasteiger partial charge in [-0.05, 0) is 44.4 Å². The number of H-pyrrole nitrogens is 1. The molecule has 140 valence electrons. The third-order valence-corrected chi connectivity index (χ3v) is 5.25. The summed E-state index contributed by atoms with van der Waals surface area (Å²) in [6.07, 6.45) is 4.55. The molecule has 0 bridgehead atoms. The number of rotatable bonds is 5. The van der Waals surface area contributed by atoms with E-state index in [-0.39, 0.29) is 11.6 Å². The smallest absolute Gasteiger partial charge is 0.356 e. The molecule has 1 aliphatic heterocycles. The number of anilines is 1. The van der Waals surface area contributed by atoms with Crippen molar-refractivity contribution >= 4 is 28.5 Å². The van der Waals surface area contributed by atoms with Crippen LogP contribution in [0, 0.1) is 6.92 Å². The summed E-state index contributed by atoms with van der Waals surface area (Å²) in [6, 6.07) is 6.23. The number of nitrogens with one attached hydrogen (secondary N) is 2. The molecule has 1 aromatic heterocycles. The molecule has 1 saturated heterocycles. The lowest BCUT2D eigenvalue weighted by atomic mass is 10.00. The fourth-order valence-corrected chi connectivity index (χ4v) is 3.90. The lowest BCUT2D eigenvalue weighted by Crippen LogP contribution is -2.43. The molecular formula is C20H27N3O3. The van der Waals surface area contributed by atoms with Gasteiger partial charge >= 0.3 is 5.97 Å². The lowest BCUT2D eigenvalue weighted by molar-refractivity contribution is -0.118. The lowest BCUT2D eigenvalue weighted by Gasteiger charge is -2.34. The Balaban J connectivity index is 1.87. The second-order valence-electron chi connectivity index (χ2n) is 6.94. The molecule has 0 aliphatic carbocycles. The molecule has 0 saturated carbocycles. The third kappa shape index (κ3) is 3.60. The molecule has 6 nitrogen and oxygen atoms in total. The van der Waals surface area contributed by atoms with Gasteiger partial charge in [-0.1, -0.05) is 25.5 Å². The van der Waals surface area contributed by atoms with Gasteiger partial charge in [-0.25, -0.2) is 4.79 Å². The number of hydrogen-bond acceptors (Lipinski definition) is 4. The molecule has 2 heterocycles. The highest BCUT2D eigenvalue weighted by atomic mass is 16.5. The van der Waals surface area contributed by atoms with Crippen LogP contribution in [0.25, 0.3) is 10.9 Å². The molecular weight excluding hydrogens is 330 g/mol. The highest BCUT2D eigenvalue weighted by Gasteiger charge is 2.25. The van der Waals surface area contributed by atoms with Gasteiger partial charge in [0.05, 0.1) is 19.3 Å². The van der Waals surface area contributed by atoms with Crippen LogP contribution in [0.1, 0.15) is 48.7 Å². The summed E-state index contributed by atoms with van der Waals surface area (Å²) in [7, 11) is 1.34. The van der Waals surface area contributed by atoms with Gasteiger partial charge < -0.3 is 15.0 Å². The van der Waals surface area contributed by atoms with E-state index in [9.17, 15) is 9.59 Å². The average molecular weight is 357 g/mol. The highest BCUT2D eigenvalue weighted by molar-refractivity contribution is 6.12. The van der Waals surface area contributed by atoms with Gasteiger partial charge in [-0.15, -0.1) is 0 Å². The van der Waals surface area contributed by atoms with Gasteiger partial charge in [0, 0.05) is 16.9 Å². The van der Waals surface area contributed by atoms with Crippen LogP contribution in [0.4, 0.5) is 5.69 Å². The van der Waals surface area contributed by atoms with Crippen LogP contribution in [-0.2, 0) is 9.53 Å². The number of amides is 1. The zero-order valence-corrected chi connectivity index (χ0v) is 15.7. The van der Waals surface area contributed by atoms with E-state index < -0.39 is 5.97 Å². The maximum absolute atomic E-state index is 12.7. The molecule has 1 amide bonds. The Morgan fingerprint density at radius 1 is 1.35 bits per heavy atom. The number of benzene rings is 1. The topological polar surface area (TPSA) is 74.4 Å². The summed E-state index contributed by atoms with van der Waals surface area (Å²) in [5.41, 5.74) is 2.61. The van der Waals surface area contributed by atoms with Gasteiger partial charge in [0.15, 0.2) is 0 Å². The standard InChI is InChI=1S/C20H27N3O3/c1-4-14-9-5-6-11-23(14)12-16(24)22-18-17-13(2)8-7-10-15(17)21-19(18)20(25)26-3/h7-8,10,14,21H,4-6,9,11-12H2,1-3H3,(H,22,24)/t14-/m1/s1. The number of carbonyl (C=O) groups excluding carboxylic acids is 2.